The van der Waals surface area contributed by atoms with Crippen LogP contribution in [0.1, 0.15) is 18.1 Å². The molecule has 1 fully saturated rings. The first-order valence-corrected chi connectivity index (χ1v) is 12.4. The number of rotatable bonds is 5. The highest BCUT2D eigenvalue weighted by Crippen LogP contribution is 2.38. The SMILES string of the molecule is CCOc1ccc(-c2nc3ccc([N+]4([O-])Cc5ccc(N6CCN(C)CC6)cc5C4)cc3[nH]2)cc1. The molecule has 6 rings (SSSR count). The highest BCUT2D eigenvalue weighted by atomic mass is 16.5. The zero-order chi connectivity index (χ0) is 24.0. The maximum absolute atomic E-state index is 14.0. The van der Waals surface area contributed by atoms with Gasteiger partial charge in [0.15, 0.2) is 0 Å². The van der Waals surface area contributed by atoms with Crippen LogP contribution in [0.15, 0.2) is 60.7 Å². The Morgan fingerprint density at radius 2 is 1.71 bits per heavy atom. The maximum atomic E-state index is 14.0. The summed E-state index contributed by atoms with van der Waals surface area (Å²) < 4.78 is 5.17. The van der Waals surface area contributed by atoms with Crippen LogP contribution in [-0.4, -0.2) is 54.7 Å². The molecule has 1 aromatic heterocycles. The van der Waals surface area contributed by atoms with E-state index in [9.17, 15) is 5.21 Å². The summed E-state index contributed by atoms with van der Waals surface area (Å²) in [7, 11) is 2.17. The topological polar surface area (TPSA) is 67.5 Å². The lowest BCUT2D eigenvalue weighted by atomic mass is 10.1. The number of nitrogens with zero attached hydrogens (tertiary/aromatic N) is 4. The van der Waals surface area contributed by atoms with Crippen LogP contribution in [0.4, 0.5) is 11.4 Å². The smallest absolute Gasteiger partial charge is 0.138 e. The van der Waals surface area contributed by atoms with Crippen molar-refractivity contribution in [3.05, 3.63) is 77.0 Å². The molecular weight excluding hydrogens is 438 g/mol. The minimum absolute atomic E-state index is 0.366. The average molecular weight is 470 g/mol. The van der Waals surface area contributed by atoms with E-state index in [1.54, 1.807) is 0 Å². The molecule has 7 heteroatoms. The number of hydrogen-bond acceptors (Lipinski definition) is 5. The summed E-state index contributed by atoms with van der Waals surface area (Å²) in [5.74, 6) is 1.64. The number of hydroxylamine groups is 2. The van der Waals surface area contributed by atoms with E-state index in [2.05, 4.69) is 40.0 Å². The van der Waals surface area contributed by atoms with E-state index in [0.29, 0.717) is 19.7 Å². The third-order valence-electron chi connectivity index (χ3n) is 7.28. The molecule has 0 radical (unpaired) electrons. The van der Waals surface area contributed by atoms with E-state index in [0.717, 1.165) is 71.2 Å². The molecule has 2 aliphatic heterocycles. The van der Waals surface area contributed by atoms with Gasteiger partial charge in [0.1, 0.15) is 30.4 Å². The standard InChI is InChI=1S/C28H31N5O2/c1-3-35-25-9-5-20(6-10-25)28-29-26-11-8-24(17-27(26)30-28)33(34)18-21-4-7-23(16-22(21)19-33)32-14-12-31(2)13-15-32/h4-11,16-17H,3,12-15,18-19H2,1-2H3,(H,29,30). The van der Waals surface area contributed by atoms with Gasteiger partial charge in [-0.05, 0) is 56.4 Å². The second kappa shape index (κ2) is 8.68. The number of benzene rings is 3. The molecule has 0 saturated carbocycles. The van der Waals surface area contributed by atoms with Gasteiger partial charge in [-0.15, -0.1) is 0 Å². The third kappa shape index (κ3) is 4.16. The van der Waals surface area contributed by atoms with Crippen LogP contribution in [0.5, 0.6) is 5.75 Å². The highest BCUT2D eigenvalue weighted by molar-refractivity contribution is 5.82. The quantitative estimate of drug-likeness (QED) is 0.333. The number of likely N-dealkylation sites (N-methyl/N-ethyl adjacent to an activating group) is 1. The number of aromatic amines is 1. The molecule has 35 heavy (non-hydrogen) atoms. The second-order valence-corrected chi connectivity index (χ2v) is 9.69. The average Bonchev–Trinajstić information content (AvgIpc) is 3.45. The zero-order valence-electron chi connectivity index (χ0n) is 20.3. The molecule has 0 aliphatic carbocycles. The summed E-state index contributed by atoms with van der Waals surface area (Å²) in [5, 5.41) is 14.0. The molecule has 1 unspecified atom stereocenters. The Kier molecular flexibility index (Phi) is 5.48. The van der Waals surface area contributed by atoms with E-state index in [-0.39, 0.29) is 4.65 Å². The fraction of sp³-hybridized carbons (Fsp3) is 0.321. The van der Waals surface area contributed by atoms with Gasteiger partial charge in [-0.3, -0.25) is 0 Å². The predicted octanol–water partition coefficient (Wildman–Crippen LogP) is 4.90. The number of anilines is 1. The van der Waals surface area contributed by atoms with Gasteiger partial charge in [0, 0.05) is 60.7 Å². The summed E-state index contributed by atoms with van der Waals surface area (Å²) in [6.45, 7) is 7.74. The van der Waals surface area contributed by atoms with Gasteiger partial charge >= 0.3 is 0 Å². The summed E-state index contributed by atoms with van der Waals surface area (Å²) in [5.41, 5.74) is 7.04. The minimum atomic E-state index is -0.366. The normalized spacial score (nSPS) is 20.4. The summed E-state index contributed by atoms with van der Waals surface area (Å²) in [4.78, 5) is 12.9. The number of imidazole rings is 1. The van der Waals surface area contributed by atoms with Gasteiger partial charge in [0.25, 0.3) is 0 Å². The van der Waals surface area contributed by atoms with Crippen LogP contribution in [0.3, 0.4) is 0 Å². The number of hydrogen-bond donors (Lipinski definition) is 1. The third-order valence-corrected chi connectivity index (χ3v) is 7.28. The van der Waals surface area contributed by atoms with Crippen LogP contribution < -0.4 is 14.3 Å². The Morgan fingerprint density at radius 1 is 0.943 bits per heavy atom. The van der Waals surface area contributed by atoms with E-state index < -0.39 is 0 Å². The van der Waals surface area contributed by atoms with Gasteiger partial charge in [0.2, 0.25) is 0 Å². The van der Waals surface area contributed by atoms with Crippen LogP contribution in [0.25, 0.3) is 22.4 Å². The van der Waals surface area contributed by atoms with Crippen molar-refractivity contribution in [1.29, 1.82) is 0 Å². The predicted molar refractivity (Wildman–Crippen MR) is 141 cm³/mol. The Labute approximate surface area is 205 Å². The molecule has 1 saturated heterocycles. The van der Waals surface area contributed by atoms with Gasteiger partial charge in [-0.2, -0.15) is 0 Å². The number of quaternary nitrogens is 1. The van der Waals surface area contributed by atoms with Crippen molar-refractivity contribution in [2.45, 2.75) is 20.0 Å². The number of piperazine rings is 1. The van der Waals surface area contributed by atoms with Crippen LogP contribution in [0.2, 0.25) is 0 Å². The second-order valence-electron chi connectivity index (χ2n) is 9.69. The minimum Gasteiger partial charge on any atom is -0.627 e. The van der Waals surface area contributed by atoms with Crippen molar-refractivity contribution in [2.75, 3.05) is 44.7 Å². The lowest BCUT2D eigenvalue weighted by Crippen LogP contribution is -2.44. The van der Waals surface area contributed by atoms with Crippen molar-refractivity contribution >= 4 is 22.4 Å². The molecular formula is C28H31N5O2. The summed E-state index contributed by atoms with van der Waals surface area (Å²) >= 11 is 0. The van der Waals surface area contributed by atoms with Crippen molar-refractivity contribution in [1.82, 2.24) is 19.5 Å². The van der Waals surface area contributed by atoms with Gasteiger partial charge in [0.05, 0.1) is 17.6 Å². The van der Waals surface area contributed by atoms with Crippen LogP contribution in [-0.2, 0) is 13.1 Å². The number of aromatic nitrogens is 2. The van der Waals surface area contributed by atoms with Crippen molar-refractivity contribution in [3.8, 4) is 17.1 Å². The molecule has 180 valence electrons. The molecule has 3 heterocycles. The molecule has 7 nitrogen and oxygen atoms in total. The molecule has 2 aliphatic rings. The molecule has 4 aromatic rings. The largest absolute Gasteiger partial charge is 0.627 e. The van der Waals surface area contributed by atoms with Crippen LogP contribution >= 0.6 is 0 Å². The number of nitrogens with one attached hydrogen (secondary N) is 1. The van der Waals surface area contributed by atoms with Crippen molar-refractivity contribution in [2.24, 2.45) is 0 Å². The van der Waals surface area contributed by atoms with E-state index >= 15 is 0 Å². The number of ether oxygens (including phenoxy) is 1. The zero-order valence-corrected chi connectivity index (χ0v) is 20.3. The van der Waals surface area contributed by atoms with Crippen molar-refractivity contribution < 1.29 is 4.74 Å². The highest BCUT2D eigenvalue weighted by Gasteiger charge is 2.32. The fourth-order valence-corrected chi connectivity index (χ4v) is 5.23. The summed E-state index contributed by atoms with van der Waals surface area (Å²) in [6, 6.07) is 20.3. The van der Waals surface area contributed by atoms with Gasteiger partial charge < -0.3 is 29.4 Å². The molecule has 3 aromatic carbocycles. The monoisotopic (exact) mass is 469 g/mol. The lowest BCUT2D eigenvalue weighted by molar-refractivity contribution is 0.313. The Balaban J connectivity index is 1.24. The molecule has 1 N–H and O–H groups in total. The first kappa shape index (κ1) is 22.1. The van der Waals surface area contributed by atoms with E-state index in [1.807, 2.05) is 49.4 Å². The number of fused-ring (bicyclic) bond motifs is 2. The molecule has 1 atom stereocenters. The first-order chi connectivity index (χ1) is 17.0. The van der Waals surface area contributed by atoms with Crippen molar-refractivity contribution in [3.63, 3.8) is 0 Å². The first-order valence-electron chi connectivity index (χ1n) is 12.4. The van der Waals surface area contributed by atoms with Gasteiger partial charge in [-0.1, -0.05) is 6.07 Å². The molecule has 0 bridgehead atoms. The molecule has 0 spiro atoms. The van der Waals surface area contributed by atoms with E-state index in [1.165, 1.54) is 5.69 Å². The number of H-pyrrole nitrogens is 1. The fourth-order valence-electron chi connectivity index (χ4n) is 5.23. The maximum Gasteiger partial charge on any atom is 0.138 e. The van der Waals surface area contributed by atoms with E-state index in [4.69, 9.17) is 9.72 Å². The summed E-state index contributed by atoms with van der Waals surface area (Å²) in [6.07, 6.45) is 0. The van der Waals surface area contributed by atoms with Gasteiger partial charge in [-0.25, -0.2) is 4.98 Å². The van der Waals surface area contributed by atoms with Crippen LogP contribution in [0, 0.1) is 5.21 Å². The lowest BCUT2D eigenvalue weighted by Gasteiger charge is -2.37. The Hall–Kier alpha value is -3.39. The molecule has 0 amide bonds. The Morgan fingerprint density at radius 3 is 2.49 bits per heavy atom. The Bertz CT molecular complexity index is 1360.